The number of esters is 1. The lowest BCUT2D eigenvalue weighted by Gasteiger charge is -2.46. The molecule has 7 heteroatoms. The van der Waals surface area contributed by atoms with Gasteiger partial charge in [-0.25, -0.2) is 9.18 Å². The first-order valence-electron chi connectivity index (χ1n) is 10.5. The van der Waals surface area contributed by atoms with Gasteiger partial charge in [0.25, 0.3) is 0 Å². The zero-order valence-corrected chi connectivity index (χ0v) is 18.0. The summed E-state index contributed by atoms with van der Waals surface area (Å²) in [6, 6.07) is 3.09. The Balaban J connectivity index is 1.78. The normalized spacial score (nSPS) is 24.3. The number of hydrogen-bond donors (Lipinski definition) is 1. The van der Waals surface area contributed by atoms with Crippen molar-refractivity contribution in [2.24, 2.45) is 11.8 Å². The molecule has 2 aliphatic heterocycles. The smallest absolute Gasteiger partial charge is 0.337 e. The molecule has 0 spiro atoms. The van der Waals surface area contributed by atoms with E-state index in [2.05, 4.69) is 16.8 Å². The van der Waals surface area contributed by atoms with Gasteiger partial charge in [0.15, 0.2) is 0 Å². The van der Waals surface area contributed by atoms with Gasteiger partial charge in [-0.3, -0.25) is 4.90 Å². The zero-order valence-electron chi connectivity index (χ0n) is 18.0. The molecule has 0 bridgehead atoms. The average molecular weight is 416 g/mol. The van der Waals surface area contributed by atoms with E-state index in [1.54, 1.807) is 14.2 Å². The number of halogens is 1. The molecule has 0 saturated carbocycles. The van der Waals surface area contributed by atoms with Crippen molar-refractivity contribution >= 4 is 16.9 Å². The molecule has 6 nitrogen and oxygen atoms in total. The van der Waals surface area contributed by atoms with E-state index in [1.807, 2.05) is 0 Å². The van der Waals surface area contributed by atoms with E-state index in [9.17, 15) is 9.18 Å². The molecule has 4 rings (SSSR count). The summed E-state index contributed by atoms with van der Waals surface area (Å²) in [5, 5.41) is 0.961. The second-order valence-electron chi connectivity index (χ2n) is 8.12. The fraction of sp³-hybridized carbons (Fsp3) is 0.522. The number of H-pyrrole nitrogens is 1. The average Bonchev–Trinajstić information content (AvgIpc) is 3.14. The van der Waals surface area contributed by atoms with Gasteiger partial charge >= 0.3 is 5.97 Å². The Hall–Kier alpha value is -2.54. The lowest BCUT2D eigenvalue weighted by Crippen LogP contribution is -2.47. The summed E-state index contributed by atoms with van der Waals surface area (Å²) in [6.07, 6.45) is 4.15. The zero-order chi connectivity index (χ0) is 21.4. The molecular formula is C23H29FN2O4. The maximum Gasteiger partial charge on any atom is 0.337 e. The molecule has 3 atom stereocenters. The van der Waals surface area contributed by atoms with Gasteiger partial charge < -0.3 is 19.2 Å². The number of fused-ring (bicyclic) bond motifs is 5. The number of methoxy groups -OCH3 is 3. The number of ether oxygens (including phenoxy) is 3. The summed E-state index contributed by atoms with van der Waals surface area (Å²) in [6.45, 7) is 3.98. The molecule has 2 aromatic rings. The summed E-state index contributed by atoms with van der Waals surface area (Å²) in [7, 11) is 4.53. The number of nitrogens with one attached hydrogen (secondary N) is 1. The van der Waals surface area contributed by atoms with Crippen LogP contribution in [0.15, 0.2) is 24.0 Å². The molecule has 1 aromatic carbocycles. The second-order valence-corrected chi connectivity index (χ2v) is 8.12. The highest BCUT2D eigenvalue weighted by atomic mass is 19.1. The standard InChI is InChI=1S/C23H29FN2O4/c1-5-13-11-26-7-6-15-21-18(8-14(24)9-20(21)29-3)25-22(15)19(26)10-16(13)17(12-28-2)23(27)30-4/h8-9,12-13,16,19,25H,5-7,10-11H2,1-4H3/b17-12+/t13-,16+,19+/m1/s1. The van der Waals surface area contributed by atoms with Gasteiger partial charge in [-0.2, -0.15) is 0 Å². The number of rotatable bonds is 5. The van der Waals surface area contributed by atoms with Gasteiger partial charge in [-0.1, -0.05) is 13.3 Å². The highest BCUT2D eigenvalue weighted by molar-refractivity contribution is 5.91. The summed E-state index contributed by atoms with van der Waals surface area (Å²) >= 11 is 0. The summed E-state index contributed by atoms with van der Waals surface area (Å²) in [5.74, 6) is 0.257. The van der Waals surface area contributed by atoms with Crippen LogP contribution in [0.5, 0.6) is 5.75 Å². The minimum Gasteiger partial charge on any atom is -0.504 e. The van der Waals surface area contributed by atoms with E-state index < -0.39 is 0 Å². The van der Waals surface area contributed by atoms with Crippen LogP contribution in [0.25, 0.3) is 10.9 Å². The fourth-order valence-corrected chi connectivity index (χ4v) is 5.32. The van der Waals surface area contributed by atoms with Gasteiger partial charge in [0, 0.05) is 30.2 Å². The van der Waals surface area contributed by atoms with Crippen LogP contribution in [0, 0.1) is 17.7 Å². The number of hydrogen-bond acceptors (Lipinski definition) is 5. The third kappa shape index (κ3) is 3.35. The molecule has 162 valence electrons. The van der Waals surface area contributed by atoms with E-state index in [0.29, 0.717) is 17.2 Å². The SMILES string of the molecule is CC[C@@H]1CN2CCc3c([nH]c4cc(F)cc(OC)c34)[C@@H]2C[C@@H]1/C(=C\OC)C(=O)OC. The quantitative estimate of drug-likeness (QED) is 0.454. The third-order valence-electron chi connectivity index (χ3n) is 6.71. The van der Waals surface area contributed by atoms with Crippen LogP contribution in [-0.4, -0.2) is 50.3 Å². The molecule has 1 N–H and O–H groups in total. The highest BCUT2D eigenvalue weighted by Crippen LogP contribution is 2.47. The van der Waals surface area contributed by atoms with E-state index in [0.717, 1.165) is 48.9 Å². The number of piperidine rings is 1. The monoisotopic (exact) mass is 416 g/mol. The van der Waals surface area contributed by atoms with E-state index in [1.165, 1.54) is 31.1 Å². The number of benzene rings is 1. The van der Waals surface area contributed by atoms with Gasteiger partial charge in [0.2, 0.25) is 0 Å². The van der Waals surface area contributed by atoms with Crippen molar-refractivity contribution in [1.82, 2.24) is 9.88 Å². The molecule has 0 aliphatic carbocycles. The lowest BCUT2D eigenvalue weighted by atomic mass is 9.74. The van der Waals surface area contributed by atoms with E-state index >= 15 is 0 Å². The van der Waals surface area contributed by atoms with Crippen molar-refractivity contribution in [3.05, 3.63) is 41.0 Å². The number of carbonyl (C=O) groups excluding carboxylic acids is 1. The Bertz CT molecular complexity index is 983. The number of carbonyl (C=O) groups is 1. The Morgan fingerprint density at radius 3 is 2.80 bits per heavy atom. The van der Waals surface area contributed by atoms with Crippen molar-refractivity contribution in [3.8, 4) is 5.75 Å². The summed E-state index contributed by atoms with van der Waals surface area (Å²) < 4.78 is 29.8. The van der Waals surface area contributed by atoms with E-state index in [4.69, 9.17) is 14.2 Å². The fourth-order valence-electron chi connectivity index (χ4n) is 5.32. The predicted octanol–water partition coefficient (Wildman–Crippen LogP) is 3.96. The lowest BCUT2D eigenvalue weighted by molar-refractivity contribution is -0.137. The Kier molecular flexibility index (Phi) is 5.73. The van der Waals surface area contributed by atoms with Gasteiger partial charge in [0.05, 0.1) is 44.7 Å². The first kappa shape index (κ1) is 20.7. The third-order valence-corrected chi connectivity index (χ3v) is 6.71. The minimum atomic E-state index is -0.342. The van der Waals surface area contributed by atoms with Crippen LogP contribution in [-0.2, 0) is 20.7 Å². The molecule has 1 fully saturated rings. The largest absolute Gasteiger partial charge is 0.504 e. The van der Waals surface area contributed by atoms with Crippen molar-refractivity contribution < 1.29 is 23.4 Å². The minimum absolute atomic E-state index is 0.0274. The number of aromatic nitrogens is 1. The van der Waals surface area contributed by atoms with Gasteiger partial charge in [0.1, 0.15) is 11.6 Å². The molecular weight excluding hydrogens is 387 g/mol. The number of aromatic amines is 1. The topological polar surface area (TPSA) is 63.8 Å². The van der Waals surface area contributed by atoms with Crippen LogP contribution in [0.4, 0.5) is 4.39 Å². The molecule has 30 heavy (non-hydrogen) atoms. The van der Waals surface area contributed by atoms with Crippen LogP contribution < -0.4 is 4.74 Å². The summed E-state index contributed by atoms with van der Waals surface area (Å²) in [4.78, 5) is 18.4. The van der Waals surface area contributed by atoms with Crippen molar-refractivity contribution in [2.75, 3.05) is 34.4 Å². The van der Waals surface area contributed by atoms with E-state index in [-0.39, 0.29) is 23.7 Å². The van der Waals surface area contributed by atoms with Gasteiger partial charge in [-0.05, 0) is 36.3 Å². The molecule has 0 amide bonds. The number of nitrogens with zero attached hydrogens (tertiary/aromatic N) is 1. The molecule has 0 radical (unpaired) electrons. The Morgan fingerprint density at radius 1 is 1.33 bits per heavy atom. The molecule has 3 heterocycles. The van der Waals surface area contributed by atoms with Crippen molar-refractivity contribution in [1.29, 1.82) is 0 Å². The highest BCUT2D eigenvalue weighted by Gasteiger charge is 2.42. The Morgan fingerprint density at radius 2 is 2.13 bits per heavy atom. The summed E-state index contributed by atoms with van der Waals surface area (Å²) in [5.41, 5.74) is 3.63. The van der Waals surface area contributed by atoms with Crippen molar-refractivity contribution in [3.63, 3.8) is 0 Å². The first-order valence-corrected chi connectivity index (χ1v) is 10.5. The maximum atomic E-state index is 14.1. The molecule has 0 unspecified atom stereocenters. The second kappa shape index (κ2) is 8.30. The maximum absolute atomic E-state index is 14.1. The molecule has 2 aliphatic rings. The molecule has 1 saturated heterocycles. The van der Waals surface area contributed by atoms with Crippen molar-refractivity contribution in [2.45, 2.75) is 32.2 Å². The van der Waals surface area contributed by atoms with Crippen LogP contribution >= 0.6 is 0 Å². The first-order chi connectivity index (χ1) is 14.5. The Labute approximate surface area is 176 Å². The van der Waals surface area contributed by atoms with Crippen LogP contribution in [0.2, 0.25) is 0 Å². The predicted molar refractivity (Wildman–Crippen MR) is 112 cm³/mol. The van der Waals surface area contributed by atoms with Crippen LogP contribution in [0.1, 0.15) is 37.1 Å². The molecule has 1 aromatic heterocycles. The van der Waals surface area contributed by atoms with Gasteiger partial charge in [-0.15, -0.1) is 0 Å². The van der Waals surface area contributed by atoms with Crippen LogP contribution in [0.3, 0.4) is 0 Å².